The molecule has 0 fully saturated rings. The van der Waals surface area contributed by atoms with Gasteiger partial charge in [0.05, 0.1) is 5.41 Å². The number of hydrogen-bond acceptors (Lipinski definition) is 1. The van der Waals surface area contributed by atoms with E-state index in [2.05, 4.69) is 20.8 Å². The van der Waals surface area contributed by atoms with E-state index in [0.29, 0.717) is 5.41 Å². The summed E-state index contributed by atoms with van der Waals surface area (Å²) in [5, 5.41) is 9.43. The molecule has 0 saturated heterocycles. The molecule has 0 aromatic heterocycles. The lowest BCUT2D eigenvalue weighted by Crippen LogP contribution is -2.40. The number of unbranched alkanes of at least 4 members (excludes halogenated alkanes) is 1. The van der Waals surface area contributed by atoms with Crippen LogP contribution in [0, 0.1) is 16.2 Å². The van der Waals surface area contributed by atoms with Crippen LogP contribution in [0.1, 0.15) is 74.1 Å². The van der Waals surface area contributed by atoms with Gasteiger partial charge >= 0.3 is 5.97 Å². The summed E-state index contributed by atoms with van der Waals surface area (Å²) in [6.45, 7) is 14.6. The van der Waals surface area contributed by atoms with Gasteiger partial charge < -0.3 is 5.11 Å². The molecule has 0 aliphatic heterocycles. The van der Waals surface area contributed by atoms with E-state index in [1.165, 1.54) is 0 Å². The van der Waals surface area contributed by atoms with Gasteiger partial charge in [0.2, 0.25) is 0 Å². The van der Waals surface area contributed by atoms with Gasteiger partial charge in [0.1, 0.15) is 0 Å². The minimum atomic E-state index is -0.666. The summed E-state index contributed by atoms with van der Waals surface area (Å²) in [6, 6.07) is 0. The van der Waals surface area contributed by atoms with Crippen LogP contribution in [0.4, 0.5) is 0 Å². The highest BCUT2D eigenvalue weighted by Crippen LogP contribution is 2.43. The maximum Gasteiger partial charge on any atom is 0.309 e. The van der Waals surface area contributed by atoms with Crippen LogP contribution < -0.4 is 0 Å². The van der Waals surface area contributed by atoms with Gasteiger partial charge in [0.25, 0.3) is 0 Å². The fourth-order valence-electron chi connectivity index (χ4n) is 1.94. The predicted octanol–water partition coefficient (Wildman–Crippen LogP) is 4.73. The van der Waals surface area contributed by atoms with Crippen molar-refractivity contribution < 1.29 is 9.90 Å². The molecular formula is C15H30O2. The quantitative estimate of drug-likeness (QED) is 0.708. The van der Waals surface area contributed by atoms with Crippen molar-refractivity contribution in [2.45, 2.75) is 74.1 Å². The molecule has 102 valence electrons. The maximum absolute atomic E-state index is 11.5. The Morgan fingerprint density at radius 2 is 1.29 bits per heavy atom. The second-order valence-corrected chi connectivity index (χ2v) is 7.66. The third-order valence-electron chi connectivity index (χ3n) is 3.98. The molecule has 1 unspecified atom stereocenters. The van der Waals surface area contributed by atoms with Crippen LogP contribution in [0.25, 0.3) is 0 Å². The van der Waals surface area contributed by atoms with Crippen molar-refractivity contribution in [2.24, 2.45) is 16.2 Å². The van der Waals surface area contributed by atoms with E-state index in [-0.39, 0.29) is 5.41 Å². The Hall–Kier alpha value is -0.530. The van der Waals surface area contributed by atoms with E-state index >= 15 is 0 Å². The SMILES string of the molecule is CC(C)(C)CCCCC(C)(C(=O)O)C(C)(C)C. The van der Waals surface area contributed by atoms with Crippen molar-refractivity contribution in [2.75, 3.05) is 0 Å². The standard InChI is InChI=1S/C15H30O2/c1-13(2,3)10-8-9-11-15(7,12(16)17)14(4,5)6/h8-11H2,1-7H3,(H,16,17). The van der Waals surface area contributed by atoms with Crippen LogP contribution >= 0.6 is 0 Å². The third kappa shape index (κ3) is 5.10. The second-order valence-electron chi connectivity index (χ2n) is 7.66. The van der Waals surface area contributed by atoms with Gasteiger partial charge in [-0.25, -0.2) is 0 Å². The zero-order valence-electron chi connectivity index (χ0n) is 12.7. The van der Waals surface area contributed by atoms with Gasteiger partial charge in [-0.1, -0.05) is 54.4 Å². The number of aliphatic carboxylic acids is 1. The molecule has 0 rings (SSSR count). The first-order valence-corrected chi connectivity index (χ1v) is 6.63. The van der Waals surface area contributed by atoms with Gasteiger partial charge in [0.15, 0.2) is 0 Å². The summed E-state index contributed by atoms with van der Waals surface area (Å²) in [7, 11) is 0. The first-order valence-electron chi connectivity index (χ1n) is 6.63. The van der Waals surface area contributed by atoms with E-state index in [1.54, 1.807) is 0 Å². The molecule has 0 aliphatic carbocycles. The van der Waals surface area contributed by atoms with Crippen molar-refractivity contribution >= 4 is 5.97 Å². The molecule has 0 heterocycles. The maximum atomic E-state index is 11.5. The van der Waals surface area contributed by atoms with Crippen LogP contribution in [-0.4, -0.2) is 11.1 Å². The molecule has 1 N–H and O–H groups in total. The Labute approximate surface area is 107 Å². The van der Waals surface area contributed by atoms with E-state index < -0.39 is 11.4 Å². The molecule has 2 heteroatoms. The van der Waals surface area contributed by atoms with Gasteiger partial charge in [-0.05, 0) is 30.6 Å². The molecule has 0 spiro atoms. The molecule has 0 aromatic carbocycles. The number of carbonyl (C=O) groups is 1. The summed E-state index contributed by atoms with van der Waals surface area (Å²) in [6.07, 6.45) is 4.04. The van der Waals surface area contributed by atoms with Crippen molar-refractivity contribution in [3.63, 3.8) is 0 Å². The molecular weight excluding hydrogens is 212 g/mol. The first kappa shape index (κ1) is 16.5. The van der Waals surface area contributed by atoms with Crippen molar-refractivity contribution in [3.8, 4) is 0 Å². The zero-order chi connectivity index (χ0) is 13.9. The summed E-state index contributed by atoms with van der Waals surface area (Å²) >= 11 is 0. The van der Waals surface area contributed by atoms with E-state index in [0.717, 1.165) is 25.7 Å². The largest absolute Gasteiger partial charge is 0.481 e. The lowest BCUT2D eigenvalue weighted by Gasteiger charge is -2.38. The molecule has 0 bridgehead atoms. The highest BCUT2D eigenvalue weighted by Gasteiger charge is 2.43. The van der Waals surface area contributed by atoms with E-state index in [1.807, 2.05) is 27.7 Å². The Bertz CT molecular complexity index is 255. The normalized spacial score (nSPS) is 16.6. The van der Waals surface area contributed by atoms with E-state index in [4.69, 9.17) is 0 Å². The highest BCUT2D eigenvalue weighted by molar-refractivity contribution is 5.75. The van der Waals surface area contributed by atoms with Gasteiger partial charge in [-0.3, -0.25) is 4.79 Å². The van der Waals surface area contributed by atoms with Crippen molar-refractivity contribution in [3.05, 3.63) is 0 Å². The fourth-order valence-corrected chi connectivity index (χ4v) is 1.94. The molecule has 1 atom stereocenters. The second kappa shape index (κ2) is 5.41. The van der Waals surface area contributed by atoms with E-state index in [9.17, 15) is 9.90 Å². The molecule has 0 aliphatic rings. The highest BCUT2D eigenvalue weighted by atomic mass is 16.4. The van der Waals surface area contributed by atoms with Gasteiger partial charge in [-0.2, -0.15) is 0 Å². The minimum Gasteiger partial charge on any atom is -0.481 e. The van der Waals surface area contributed by atoms with Gasteiger partial charge in [0, 0.05) is 0 Å². The Morgan fingerprint density at radius 1 is 0.882 bits per heavy atom. The average Bonchev–Trinajstić information content (AvgIpc) is 2.08. The Balaban J connectivity index is 4.37. The lowest BCUT2D eigenvalue weighted by molar-refractivity contribution is -0.155. The number of carboxylic acid groups (broad SMARTS) is 1. The smallest absolute Gasteiger partial charge is 0.309 e. The molecule has 0 radical (unpaired) electrons. The summed E-state index contributed by atoms with van der Waals surface area (Å²) in [5.41, 5.74) is -0.465. The molecule has 0 aromatic rings. The van der Waals surface area contributed by atoms with Crippen LogP contribution in [0.5, 0.6) is 0 Å². The fraction of sp³-hybridized carbons (Fsp3) is 0.933. The summed E-state index contributed by atoms with van der Waals surface area (Å²) in [5.74, 6) is -0.666. The molecule has 0 amide bonds. The summed E-state index contributed by atoms with van der Waals surface area (Å²) < 4.78 is 0. The number of rotatable bonds is 5. The lowest BCUT2D eigenvalue weighted by atomic mass is 9.65. The van der Waals surface area contributed by atoms with Crippen molar-refractivity contribution in [1.29, 1.82) is 0 Å². The topological polar surface area (TPSA) is 37.3 Å². The monoisotopic (exact) mass is 242 g/mol. The third-order valence-corrected chi connectivity index (χ3v) is 3.98. The van der Waals surface area contributed by atoms with Crippen LogP contribution in [0.15, 0.2) is 0 Å². The van der Waals surface area contributed by atoms with Gasteiger partial charge in [-0.15, -0.1) is 0 Å². The molecule has 17 heavy (non-hydrogen) atoms. The zero-order valence-corrected chi connectivity index (χ0v) is 12.7. The van der Waals surface area contributed by atoms with Crippen molar-refractivity contribution in [1.82, 2.24) is 0 Å². The number of carboxylic acids is 1. The minimum absolute atomic E-state index is 0.194. The van der Waals surface area contributed by atoms with Crippen LogP contribution in [0.3, 0.4) is 0 Å². The Kier molecular flexibility index (Phi) is 5.24. The number of hydrogen-bond donors (Lipinski definition) is 1. The summed E-state index contributed by atoms with van der Waals surface area (Å²) in [4.78, 5) is 11.5. The Morgan fingerprint density at radius 3 is 1.59 bits per heavy atom. The van der Waals surface area contributed by atoms with Crippen LogP contribution in [-0.2, 0) is 4.79 Å². The van der Waals surface area contributed by atoms with Crippen LogP contribution in [0.2, 0.25) is 0 Å². The average molecular weight is 242 g/mol. The predicted molar refractivity (Wildman–Crippen MR) is 73.1 cm³/mol. The molecule has 0 saturated carbocycles. The first-order chi connectivity index (χ1) is 7.40. The molecule has 2 nitrogen and oxygen atoms in total.